The fourth-order valence-electron chi connectivity index (χ4n) is 0.808. The molecule has 0 radical (unpaired) electrons. The van der Waals surface area contributed by atoms with E-state index in [-0.39, 0.29) is 5.91 Å². The summed E-state index contributed by atoms with van der Waals surface area (Å²) >= 11 is 0. The number of carbonyl (C=O) groups excluding carboxylic acids is 1. The molecular weight excluding hydrogens is 164 g/mol. The van der Waals surface area contributed by atoms with E-state index in [2.05, 4.69) is 23.6 Å². The minimum absolute atomic E-state index is 0.0427. The number of nitrogens with zero attached hydrogens (tertiary/aromatic N) is 1. The molecule has 0 heterocycles. The van der Waals surface area contributed by atoms with Gasteiger partial charge in [-0.1, -0.05) is 19.6 Å². The maximum absolute atomic E-state index is 11.0. The minimum atomic E-state index is 0.0427. The second kappa shape index (κ2) is 7.28. The summed E-state index contributed by atoms with van der Waals surface area (Å²) in [7, 11) is 0. The molecule has 0 unspecified atom stereocenters. The van der Waals surface area contributed by atoms with Crippen molar-refractivity contribution in [2.45, 2.75) is 19.8 Å². The Balaban J connectivity index is 3.85. The molecule has 0 aliphatic heterocycles. The highest BCUT2D eigenvalue weighted by Crippen LogP contribution is 1.94. The molecule has 0 saturated heterocycles. The van der Waals surface area contributed by atoms with Crippen LogP contribution in [0, 0.1) is 0 Å². The maximum Gasteiger partial charge on any atom is 0.220 e. The van der Waals surface area contributed by atoms with Gasteiger partial charge in [0.05, 0.1) is 12.2 Å². The minimum Gasteiger partial charge on any atom is -0.350 e. The van der Waals surface area contributed by atoms with Crippen LogP contribution in [0.3, 0.4) is 0 Å². The van der Waals surface area contributed by atoms with Crippen molar-refractivity contribution in [2.75, 3.05) is 6.54 Å². The normalized spacial score (nSPS) is 10.7. The van der Waals surface area contributed by atoms with E-state index in [4.69, 9.17) is 0 Å². The molecule has 13 heavy (non-hydrogen) atoms. The summed E-state index contributed by atoms with van der Waals surface area (Å²) < 4.78 is 0. The Kier molecular flexibility index (Phi) is 6.51. The highest BCUT2D eigenvalue weighted by Gasteiger charge is 1.98. The summed E-state index contributed by atoms with van der Waals surface area (Å²) in [4.78, 5) is 14.8. The van der Waals surface area contributed by atoms with Crippen LogP contribution in [0.15, 0.2) is 29.4 Å². The van der Waals surface area contributed by atoms with Gasteiger partial charge >= 0.3 is 0 Å². The molecule has 3 nitrogen and oxygen atoms in total. The first-order valence-corrected chi connectivity index (χ1v) is 4.29. The van der Waals surface area contributed by atoms with Gasteiger partial charge in [-0.15, -0.1) is 0 Å². The van der Waals surface area contributed by atoms with Crippen LogP contribution in [-0.4, -0.2) is 19.2 Å². The smallest absolute Gasteiger partial charge is 0.220 e. The first-order chi connectivity index (χ1) is 6.24. The fraction of sp³-hybridized carbons (Fsp3) is 0.400. The highest BCUT2D eigenvalue weighted by molar-refractivity contribution is 5.76. The number of amides is 1. The summed E-state index contributed by atoms with van der Waals surface area (Å²) in [6.07, 6.45) is 4.75. The van der Waals surface area contributed by atoms with Gasteiger partial charge in [-0.2, -0.15) is 0 Å². The zero-order valence-electron chi connectivity index (χ0n) is 8.05. The van der Waals surface area contributed by atoms with Gasteiger partial charge < -0.3 is 5.32 Å². The molecule has 0 aromatic rings. The zero-order valence-corrected chi connectivity index (χ0v) is 8.05. The Labute approximate surface area is 79.3 Å². The van der Waals surface area contributed by atoms with E-state index in [9.17, 15) is 4.79 Å². The average Bonchev–Trinajstić information content (AvgIpc) is 2.12. The molecule has 0 fully saturated rings. The Morgan fingerprint density at radius 2 is 2.31 bits per heavy atom. The predicted molar refractivity (Wildman–Crippen MR) is 55.7 cm³/mol. The molecule has 0 spiro atoms. The van der Waals surface area contributed by atoms with Gasteiger partial charge in [-0.25, -0.2) is 0 Å². The molecule has 0 aliphatic rings. The third kappa shape index (κ3) is 5.84. The quantitative estimate of drug-likeness (QED) is 0.490. The van der Waals surface area contributed by atoms with Crippen LogP contribution in [0.25, 0.3) is 0 Å². The first-order valence-electron chi connectivity index (χ1n) is 4.29. The van der Waals surface area contributed by atoms with Crippen LogP contribution in [0.2, 0.25) is 0 Å². The van der Waals surface area contributed by atoms with Crippen LogP contribution >= 0.6 is 0 Å². The Bertz CT molecular complexity index is 219. The molecule has 0 saturated carbocycles. The Morgan fingerprint density at radius 1 is 1.62 bits per heavy atom. The van der Waals surface area contributed by atoms with E-state index in [1.54, 1.807) is 12.2 Å². The number of aliphatic imine (C=N–C) groups is 1. The molecule has 0 bridgehead atoms. The third-order valence-electron chi connectivity index (χ3n) is 1.46. The van der Waals surface area contributed by atoms with E-state index in [0.717, 1.165) is 12.1 Å². The number of hydrogen-bond acceptors (Lipinski definition) is 2. The monoisotopic (exact) mass is 180 g/mol. The van der Waals surface area contributed by atoms with Crippen LogP contribution in [0.1, 0.15) is 19.8 Å². The van der Waals surface area contributed by atoms with Crippen LogP contribution < -0.4 is 5.32 Å². The lowest BCUT2D eigenvalue weighted by atomic mass is 10.3. The van der Waals surface area contributed by atoms with Gasteiger partial charge in [0, 0.05) is 6.42 Å². The van der Waals surface area contributed by atoms with E-state index in [1.165, 1.54) is 0 Å². The van der Waals surface area contributed by atoms with Gasteiger partial charge in [0.25, 0.3) is 0 Å². The van der Waals surface area contributed by atoms with Crippen LogP contribution in [0.5, 0.6) is 0 Å². The summed E-state index contributed by atoms with van der Waals surface area (Å²) in [5, 5.41) is 2.73. The SMILES string of the molecule is C=C/C=C(/CNC(=O)CCC)N=C. The van der Waals surface area contributed by atoms with E-state index >= 15 is 0 Å². The van der Waals surface area contributed by atoms with Gasteiger partial charge in [0.2, 0.25) is 5.91 Å². The zero-order chi connectivity index (χ0) is 10.1. The average molecular weight is 180 g/mol. The Hall–Kier alpha value is -1.38. The number of allylic oxidation sites excluding steroid dienone is 2. The fourth-order valence-corrected chi connectivity index (χ4v) is 0.808. The topological polar surface area (TPSA) is 41.5 Å². The predicted octanol–water partition coefficient (Wildman–Crippen LogP) is 1.67. The second-order valence-corrected chi connectivity index (χ2v) is 2.58. The van der Waals surface area contributed by atoms with Gasteiger partial charge in [0.1, 0.15) is 0 Å². The van der Waals surface area contributed by atoms with Crippen molar-refractivity contribution in [3.63, 3.8) is 0 Å². The van der Waals surface area contributed by atoms with Crippen molar-refractivity contribution < 1.29 is 4.79 Å². The van der Waals surface area contributed by atoms with E-state index in [0.29, 0.717) is 13.0 Å². The van der Waals surface area contributed by atoms with Crippen molar-refractivity contribution in [1.82, 2.24) is 5.32 Å². The number of hydrogen-bond donors (Lipinski definition) is 1. The largest absolute Gasteiger partial charge is 0.350 e. The molecule has 72 valence electrons. The second-order valence-electron chi connectivity index (χ2n) is 2.58. The van der Waals surface area contributed by atoms with Crippen molar-refractivity contribution in [3.8, 4) is 0 Å². The molecule has 0 aromatic carbocycles. The van der Waals surface area contributed by atoms with Gasteiger partial charge in [-0.05, 0) is 19.2 Å². The summed E-state index contributed by atoms with van der Waals surface area (Å²) in [6.45, 7) is 9.31. The molecular formula is C10H16N2O. The van der Waals surface area contributed by atoms with Crippen LogP contribution in [0.4, 0.5) is 0 Å². The van der Waals surface area contributed by atoms with Crippen molar-refractivity contribution in [2.24, 2.45) is 4.99 Å². The number of rotatable bonds is 6. The summed E-state index contributed by atoms with van der Waals surface area (Å²) in [5.41, 5.74) is 0.722. The molecule has 0 aromatic heterocycles. The Morgan fingerprint density at radius 3 is 2.77 bits per heavy atom. The third-order valence-corrected chi connectivity index (χ3v) is 1.46. The number of carbonyl (C=O) groups is 1. The molecule has 0 aliphatic carbocycles. The van der Waals surface area contributed by atoms with Gasteiger partial charge in [0.15, 0.2) is 0 Å². The first kappa shape index (κ1) is 11.6. The molecule has 3 heteroatoms. The van der Waals surface area contributed by atoms with E-state index in [1.807, 2.05) is 6.92 Å². The summed E-state index contributed by atoms with van der Waals surface area (Å²) in [5.74, 6) is 0.0427. The molecule has 0 atom stereocenters. The molecule has 1 amide bonds. The van der Waals surface area contributed by atoms with Crippen molar-refractivity contribution in [3.05, 3.63) is 24.4 Å². The molecule has 0 rings (SSSR count). The standard InChI is InChI=1S/C10H16N2O/c1-4-6-9(11-3)8-12-10(13)7-5-2/h4,6H,1,3,5,7-8H2,2H3,(H,12,13)/b9-6-. The van der Waals surface area contributed by atoms with Crippen LogP contribution in [-0.2, 0) is 4.79 Å². The lowest BCUT2D eigenvalue weighted by Gasteiger charge is -2.03. The summed E-state index contributed by atoms with van der Waals surface area (Å²) in [6, 6.07) is 0. The molecule has 1 N–H and O–H groups in total. The van der Waals surface area contributed by atoms with Crippen molar-refractivity contribution in [1.29, 1.82) is 0 Å². The van der Waals surface area contributed by atoms with E-state index < -0.39 is 0 Å². The maximum atomic E-state index is 11.0. The van der Waals surface area contributed by atoms with Gasteiger partial charge in [-0.3, -0.25) is 9.79 Å². The van der Waals surface area contributed by atoms with Crippen molar-refractivity contribution >= 4 is 12.6 Å². The number of nitrogens with one attached hydrogen (secondary N) is 1. The lowest BCUT2D eigenvalue weighted by molar-refractivity contribution is -0.120. The lowest BCUT2D eigenvalue weighted by Crippen LogP contribution is -2.24. The highest BCUT2D eigenvalue weighted by atomic mass is 16.1.